The Morgan fingerprint density at radius 3 is 2.23 bits per heavy atom. The van der Waals surface area contributed by atoms with Crippen molar-refractivity contribution >= 4 is 38.1 Å². The summed E-state index contributed by atoms with van der Waals surface area (Å²) in [5.41, 5.74) is 3.47. The van der Waals surface area contributed by atoms with Crippen molar-refractivity contribution in [1.82, 2.24) is 0 Å². The summed E-state index contributed by atoms with van der Waals surface area (Å²) < 4.78 is 28.5. The first-order chi connectivity index (χ1) is 12.4. The van der Waals surface area contributed by atoms with Crippen LogP contribution in [0.1, 0.15) is 18.1 Å². The molecule has 1 aliphatic rings. The van der Waals surface area contributed by atoms with Gasteiger partial charge in [-0.1, -0.05) is 24.3 Å². The van der Waals surface area contributed by atoms with E-state index in [2.05, 4.69) is 16.1 Å². The van der Waals surface area contributed by atoms with E-state index in [1.54, 1.807) is 30.3 Å². The van der Waals surface area contributed by atoms with E-state index in [0.29, 0.717) is 11.4 Å². The number of hydrogen-bond acceptors (Lipinski definition) is 3. The second-order valence-electron chi connectivity index (χ2n) is 6.43. The van der Waals surface area contributed by atoms with Gasteiger partial charge in [-0.15, -0.1) is 0 Å². The minimum Gasteiger partial charge on any atom is -0.326 e. The predicted molar refractivity (Wildman–Crippen MR) is 103 cm³/mol. The predicted octanol–water partition coefficient (Wildman–Crippen LogP) is 3.70. The van der Waals surface area contributed by atoms with Gasteiger partial charge in [0.15, 0.2) is 0 Å². The molecule has 0 unspecified atom stereocenters. The molecule has 0 saturated heterocycles. The lowest BCUT2D eigenvalue weighted by Crippen LogP contribution is -2.13. The van der Waals surface area contributed by atoms with Gasteiger partial charge in [0.1, 0.15) is 0 Å². The van der Waals surface area contributed by atoms with Gasteiger partial charge in [0, 0.05) is 23.7 Å². The van der Waals surface area contributed by atoms with E-state index in [-0.39, 0.29) is 10.8 Å². The highest BCUT2D eigenvalue weighted by atomic mass is 32.2. The van der Waals surface area contributed by atoms with Crippen LogP contribution in [0.25, 0.3) is 10.8 Å². The number of nitrogens with one attached hydrogen (secondary N) is 2. The Hall–Kier alpha value is -2.86. The number of hydrogen-bond donors (Lipinski definition) is 2. The number of anilines is 2. The molecule has 2 N–H and O–H groups in total. The summed E-state index contributed by atoms with van der Waals surface area (Å²) in [6.07, 6.45) is 1.91. The summed E-state index contributed by atoms with van der Waals surface area (Å²) in [4.78, 5) is 11.4. The number of aryl methyl sites for hydroxylation is 2. The van der Waals surface area contributed by atoms with Crippen molar-refractivity contribution in [3.05, 3.63) is 65.7 Å². The van der Waals surface area contributed by atoms with Crippen LogP contribution in [0, 0.1) is 0 Å². The summed E-state index contributed by atoms with van der Waals surface area (Å²) in [7, 11) is -3.72. The average Bonchev–Trinajstić information content (AvgIpc) is 3.01. The van der Waals surface area contributed by atoms with E-state index < -0.39 is 10.0 Å². The van der Waals surface area contributed by atoms with Gasteiger partial charge >= 0.3 is 0 Å². The lowest BCUT2D eigenvalue weighted by atomic mass is 10.1. The number of rotatable bonds is 4. The molecule has 3 aromatic rings. The van der Waals surface area contributed by atoms with Crippen molar-refractivity contribution in [2.45, 2.75) is 24.7 Å². The van der Waals surface area contributed by atoms with Gasteiger partial charge in [0.25, 0.3) is 10.0 Å². The molecule has 1 aliphatic carbocycles. The first-order valence-electron chi connectivity index (χ1n) is 8.38. The Bertz CT molecular complexity index is 1110. The first-order valence-corrected chi connectivity index (χ1v) is 9.86. The van der Waals surface area contributed by atoms with Crippen LogP contribution in [0.2, 0.25) is 0 Å². The molecule has 132 valence electrons. The minimum absolute atomic E-state index is 0.175. The molecular formula is C20H18N2O3S. The van der Waals surface area contributed by atoms with Gasteiger partial charge in [-0.25, -0.2) is 8.42 Å². The molecule has 5 nitrogen and oxygen atoms in total. The van der Waals surface area contributed by atoms with Crippen molar-refractivity contribution < 1.29 is 13.2 Å². The maximum atomic E-state index is 12.9. The molecular weight excluding hydrogens is 348 g/mol. The van der Waals surface area contributed by atoms with Crippen LogP contribution in [-0.4, -0.2) is 14.3 Å². The third-order valence-corrected chi connectivity index (χ3v) is 6.02. The fourth-order valence-corrected chi connectivity index (χ4v) is 4.75. The molecule has 0 aromatic heterocycles. The average molecular weight is 366 g/mol. The number of benzene rings is 3. The molecule has 0 radical (unpaired) electrons. The Kier molecular flexibility index (Phi) is 3.92. The highest BCUT2D eigenvalue weighted by molar-refractivity contribution is 7.93. The molecule has 1 amide bonds. The van der Waals surface area contributed by atoms with Gasteiger partial charge < -0.3 is 5.32 Å². The normalized spacial score (nSPS) is 13.0. The topological polar surface area (TPSA) is 75.3 Å². The van der Waals surface area contributed by atoms with E-state index in [9.17, 15) is 13.2 Å². The first kappa shape index (κ1) is 16.6. The van der Waals surface area contributed by atoms with Crippen molar-refractivity contribution in [3.8, 4) is 0 Å². The monoisotopic (exact) mass is 366 g/mol. The number of sulfonamides is 1. The molecule has 0 bridgehead atoms. The third kappa shape index (κ3) is 2.93. The zero-order valence-corrected chi connectivity index (χ0v) is 15.1. The van der Waals surface area contributed by atoms with Crippen molar-refractivity contribution in [3.63, 3.8) is 0 Å². The third-order valence-electron chi connectivity index (χ3n) is 4.58. The zero-order valence-electron chi connectivity index (χ0n) is 14.2. The Labute approximate surface area is 152 Å². The fourth-order valence-electron chi connectivity index (χ4n) is 3.49. The standard InChI is InChI=1S/C20H18N2O3S/c1-13(23)21-16-8-10-17(11-9-16)22-26(24,25)19-12-7-15-6-5-14-3-2-4-18(19)20(14)15/h2-4,7-12,22H,5-6H2,1H3,(H,21,23). The minimum atomic E-state index is -3.72. The summed E-state index contributed by atoms with van der Waals surface area (Å²) >= 11 is 0. The van der Waals surface area contributed by atoms with Crippen LogP contribution in [0.5, 0.6) is 0 Å². The lowest BCUT2D eigenvalue weighted by molar-refractivity contribution is -0.114. The highest BCUT2D eigenvalue weighted by Gasteiger charge is 2.22. The van der Waals surface area contributed by atoms with Crippen LogP contribution in [-0.2, 0) is 27.7 Å². The van der Waals surface area contributed by atoms with Crippen LogP contribution in [0.4, 0.5) is 11.4 Å². The molecule has 0 spiro atoms. The van der Waals surface area contributed by atoms with E-state index in [4.69, 9.17) is 0 Å². The van der Waals surface area contributed by atoms with Gasteiger partial charge in [0.2, 0.25) is 5.91 Å². The smallest absolute Gasteiger partial charge is 0.262 e. The van der Waals surface area contributed by atoms with Gasteiger partial charge in [-0.3, -0.25) is 9.52 Å². The van der Waals surface area contributed by atoms with Crippen molar-refractivity contribution in [2.24, 2.45) is 0 Å². The zero-order chi connectivity index (χ0) is 18.3. The van der Waals surface area contributed by atoms with Gasteiger partial charge in [-0.05, 0) is 59.7 Å². The fraction of sp³-hybridized carbons (Fsp3) is 0.150. The molecule has 6 heteroatoms. The Balaban J connectivity index is 1.70. The van der Waals surface area contributed by atoms with Crippen molar-refractivity contribution in [2.75, 3.05) is 10.0 Å². The second-order valence-corrected chi connectivity index (χ2v) is 8.08. The number of amides is 1. The summed E-state index contributed by atoms with van der Waals surface area (Å²) in [6.45, 7) is 1.42. The highest BCUT2D eigenvalue weighted by Crippen LogP contribution is 2.35. The maximum Gasteiger partial charge on any atom is 0.262 e. The van der Waals surface area contributed by atoms with E-state index >= 15 is 0 Å². The van der Waals surface area contributed by atoms with E-state index in [0.717, 1.165) is 23.6 Å². The molecule has 0 saturated carbocycles. The summed E-state index contributed by atoms with van der Waals surface area (Å²) in [6, 6.07) is 16.0. The molecule has 3 aromatic carbocycles. The molecule has 0 fully saturated rings. The summed E-state index contributed by atoms with van der Waals surface area (Å²) in [5, 5.41) is 4.48. The van der Waals surface area contributed by atoms with Crippen LogP contribution < -0.4 is 10.0 Å². The Morgan fingerprint density at radius 1 is 0.885 bits per heavy atom. The van der Waals surface area contributed by atoms with E-state index in [1.165, 1.54) is 18.1 Å². The lowest BCUT2D eigenvalue weighted by Gasteiger charge is -2.12. The largest absolute Gasteiger partial charge is 0.326 e. The molecule has 0 atom stereocenters. The molecule has 26 heavy (non-hydrogen) atoms. The molecule has 4 rings (SSSR count). The molecule has 0 aliphatic heterocycles. The maximum absolute atomic E-state index is 12.9. The Morgan fingerprint density at radius 2 is 1.54 bits per heavy atom. The summed E-state index contributed by atoms with van der Waals surface area (Å²) in [5.74, 6) is -0.175. The van der Waals surface area contributed by atoms with Crippen LogP contribution >= 0.6 is 0 Å². The number of carbonyl (C=O) groups is 1. The second kappa shape index (κ2) is 6.14. The SMILES string of the molecule is CC(=O)Nc1ccc(NS(=O)(=O)c2ccc3c4c(cccc24)CC3)cc1. The van der Waals surface area contributed by atoms with Crippen LogP contribution in [0.15, 0.2) is 59.5 Å². The number of carbonyl (C=O) groups excluding carboxylic acids is 1. The molecule has 0 heterocycles. The van der Waals surface area contributed by atoms with E-state index in [1.807, 2.05) is 18.2 Å². The van der Waals surface area contributed by atoms with Crippen molar-refractivity contribution in [1.29, 1.82) is 0 Å². The quantitative estimate of drug-likeness (QED) is 0.739. The van der Waals surface area contributed by atoms with Gasteiger partial charge in [-0.2, -0.15) is 0 Å². The van der Waals surface area contributed by atoms with Crippen LogP contribution in [0.3, 0.4) is 0 Å². The van der Waals surface area contributed by atoms with Gasteiger partial charge in [0.05, 0.1) is 4.90 Å².